The van der Waals surface area contributed by atoms with E-state index in [2.05, 4.69) is 9.88 Å². The zero-order chi connectivity index (χ0) is 7.49. The van der Waals surface area contributed by atoms with Crippen LogP contribution in [-0.4, -0.2) is 9.07 Å². The van der Waals surface area contributed by atoms with Crippen LogP contribution in [0.3, 0.4) is 0 Å². The van der Waals surface area contributed by atoms with Crippen LogP contribution in [0.1, 0.15) is 0 Å². The second-order valence-electron chi connectivity index (χ2n) is 0.827. The molecule has 0 aliphatic heterocycles. The zero-order valence-electron chi connectivity index (χ0n) is 3.71. The van der Waals surface area contributed by atoms with Crippen molar-refractivity contribution in [1.29, 1.82) is 0 Å². The van der Waals surface area contributed by atoms with Gasteiger partial charge in [0.25, 0.3) is 0 Å². The van der Waals surface area contributed by atoms with E-state index < -0.39 is 9.07 Å². The summed E-state index contributed by atoms with van der Waals surface area (Å²) in [5, 5.41) is 8.08. The molecule has 0 fully saturated rings. The van der Waals surface area contributed by atoms with E-state index in [0.717, 1.165) is 0 Å². The third kappa shape index (κ3) is 8.03. The van der Waals surface area contributed by atoms with Crippen LogP contribution in [0.4, 0.5) is 0 Å². The molecule has 0 aromatic carbocycles. The molecule has 0 N–H and O–H groups in total. The lowest BCUT2D eigenvalue weighted by atomic mass is 11.6. The molecule has 54 valence electrons. The molecule has 0 radical (unpaired) electrons. The largest absolute Gasteiger partial charge is 0.326 e. The number of alkyl halides is 3. The summed E-state index contributed by atoms with van der Waals surface area (Å²) < 4.78 is -2.22. The Kier molecular flexibility index (Phi) is 3.27. The standard InChI is InChI=1S/CCl3NO4/c2-1(3,4)8-9-5(6)7. The number of nitrogens with zero attached hydrogens (tertiary/aromatic N) is 1. The second kappa shape index (κ2) is 3.26. The average Bonchev–Trinajstić information content (AvgIpc) is 1.59. The van der Waals surface area contributed by atoms with Gasteiger partial charge in [0.05, 0.1) is 0 Å². The van der Waals surface area contributed by atoms with Gasteiger partial charge in [0.15, 0.2) is 0 Å². The minimum atomic E-state index is -2.22. The molecule has 0 heterocycles. The maximum Gasteiger partial charge on any atom is 0.326 e. The third-order valence-corrected chi connectivity index (χ3v) is 0.382. The van der Waals surface area contributed by atoms with Gasteiger partial charge >= 0.3 is 9.07 Å². The third-order valence-electron chi connectivity index (χ3n) is 0.193. The molecule has 5 nitrogen and oxygen atoms in total. The highest BCUT2D eigenvalue weighted by Gasteiger charge is 2.23. The molecule has 0 bridgehead atoms. The van der Waals surface area contributed by atoms with E-state index in [-0.39, 0.29) is 0 Å². The van der Waals surface area contributed by atoms with E-state index in [9.17, 15) is 10.1 Å². The van der Waals surface area contributed by atoms with Crippen LogP contribution in [-0.2, 0) is 9.88 Å². The van der Waals surface area contributed by atoms with Crippen molar-refractivity contribution in [3.8, 4) is 0 Å². The molecule has 9 heavy (non-hydrogen) atoms. The summed E-state index contributed by atoms with van der Waals surface area (Å²) in [6.07, 6.45) is 0. The predicted molar refractivity (Wildman–Crippen MR) is 29.5 cm³/mol. The van der Waals surface area contributed by atoms with Crippen molar-refractivity contribution in [3.05, 3.63) is 10.1 Å². The van der Waals surface area contributed by atoms with Crippen molar-refractivity contribution in [2.24, 2.45) is 0 Å². The number of hydrogen-bond acceptors (Lipinski definition) is 4. The Morgan fingerprint density at radius 2 is 1.89 bits per heavy atom. The Balaban J connectivity index is 3.39. The van der Waals surface area contributed by atoms with Crippen molar-refractivity contribution in [1.82, 2.24) is 0 Å². The molecule has 0 atom stereocenters. The molecular formula is CCl3NO4. The first-order valence-electron chi connectivity index (χ1n) is 1.49. The monoisotopic (exact) mass is 195 g/mol. The van der Waals surface area contributed by atoms with Gasteiger partial charge in [-0.25, -0.2) is 0 Å². The Hall–Kier alpha value is 0.0300. The molecule has 0 spiro atoms. The molecule has 0 aliphatic rings. The van der Waals surface area contributed by atoms with Gasteiger partial charge in [0.1, 0.15) is 0 Å². The molecule has 0 aromatic heterocycles. The van der Waals surface area contributed by atoms with Gasteiger partial charge in [-0.3, -0.25) is 0 Å². The summed E-state index contributed by atoms with van der Waals surface area (Å²) in [4.78, 5) is 16.1. The fourth-order valence-electron chi connectivity index (χ4n) is 0.0727. The lowest BCUT2D eigenvalue weighted by molar-refractivity contribution is -0.852. The molecule has 0 saturated carbocycles. The highest BCUT2D eigenvalue weighted by Crippen LogP contribution is 2.27. The Morgan fingerprint density at radius 3 is 2.00 bits per heavy atom. The van der Waals surface area contributed by atoms with Gasteiger partial charge in [0, 0.05) is 0 Å². The molecule has 0 unspecified atom stereocenters. The van der Waals surface area contributed by atoms with Crippen LogP contribution in [0, 0.1) is 10.1 Å². The highest BCUT2D eigenvalue weighted by molar-refractivity contribution is 6.66. The van der Waals surface area contributed by atoms with Crippen LogP contribution in [0.2, 0.25) is 0 Å². The van der Waals surface area contributed by atoms with Crippen LogP contribution >= 0.6 is 34.8 Å². The van der Waals surface area contributed by atoms with Gasteiger partial charge in [0.2, 0.25) is 0 Å². The summed E-state index contributed by atoms with van der Waals surface area (Å²) in [6.45, 7) is 0. The fraction of sp³-hybridized carbons (Fsp3) is 1.00. The lowest BCUT2D eigenvalue weighted by Gasteiger charge is -2.05. The Bertz CT molecular complexity index is 109. The van der Waals surface area contributed by atoms with E-state index in [1.807, 2.05) is 0 Å². The van der Waals surface area contributed by atoms with E-state index in [1.165, 1.54) is 0 Å². The van der Waals surface area contributed by atoms with Gasteiger partial charge in [-0.1, -0.05) is 34.8 Å². The van der Waals surface area contributed by atoms with Crippen LogP contribution in [0.5, 0.6) is 0 Å². The van der Waals surface area contributed by atoms with E-state index in [1.54, 1.807) is 0 Å². The van der Waals surface area contributed by atoms with E-state index >= 15 is 0 Å². The minimum absolute atomic E-state index is 1.25. The van der Waals surface area contributed by atoms with Gasteiger partial charge in [-0.15, -0.1) is 20.0 Å². The van der Waals surface area contributed by atoms with Crippen molar-refractivity contribution >= 4 is 34.8 Å². The first-order chi connectivity index (χ1) is 3.92. The Morgan fingerprint density at radius 1 is 1.44 bits per heavy atom. The van der Waals surface area contributed by atoms with E-state index in [0.29, 0.717) is 0 Å². The topological polar surface area (TPSA) is 61.6 Å². The summed E-state index contributed by atoms with van der Waals surface area (Å²) in [5.41, 5.74) is 0. The highest BCUT2D eigenvalue weighted by atomic mass is 35.6. The van der Waals surface area contributed by atoms with Crippen molar-refractivity contribution < 1.29 is 15.0 Å². The average molecular weight is 196 g/mol. The number of halogens is 3. The van der Waals surface area contributed by atoms with Gasteiger partial charge < -0.3 is 0 Å². The number of rotatable bonds is 2. The van der Waals surface area contributed by atoms with Crippen LogP contribution in [0.15, 0.2) is 0 Å². The zero-order valence-corrected chi connectivity index (χ0v) is 5.98. The Labute approximate surface area is 64.4 Å². The SMILES string of the molecule is O=[N+]([O-])OOC(Cl)(Cl)Cl. The molecule has 0 aliphatic carbocycles. The lowest BCUT2D eigenvalue weighted by Crippen LogP contribution is -2.12. The van der Waals surface area contributed by atoms with E-state index in [4.69, 9.17) is 34.8 Å². The molecule has 0 amide bonds. The fourth-order valence-corrected chi connectivity index (χ4v) is 0.157. The second-order valence-corrected chi connectivity index (χ2v) is 3.00. The van der Waals surface area contributed by atoms with Crippen LogP contribution < -0.4 is 0 Å². The molecule has 8 heteroatoms. The predicted octanol–water partition coefficient (Wildman–Crippen LogP) is 1.45. The normalized spacial score (nSPS) is 11.0. The summed E-state index contributed by atoms with van der Waals surface area (Å²) in [5.74, 6) is 0. The summed E-state index contributed by atoms with van der Waals surface area (Å²) in [7, 11) is 0. The maximum atomic E-state index is 9.33. The van der Waals surface area contributed by atoms with Crippen molar-refractivity contribution in [2.45, 2.75) is 3.98 Å². The van der Waals surface area contributed by atoms with Gasteiger partial charge in [-0.05, 0) is 0 Å². The van der Waals surface area contributed by atoms with Gasteiger partial charge in [-0.2, -0.15) is 0 Å². The molecule has 0 aromatic rings. The number of hydrogen-bond donors (Lipinski definition) is 0. The first-order valence-corrected chi connectivity index (χ1v) is 2.62. The molecule has 0 saturated heterocycles. The maximum absolute atomic E-state index is 9.33. The summed E-state index contributed by atoms with van der Waals surface area (Å²) >= 11 is 14.6. The molecule has 0 rings (SSSR count). The molecular weight excluding hydrogens is 196 g/mol. The van der Waals surface area contributed by atoms with Crippen molar-refractivity contribution in [2.75, 3.05) is 0 Å². The summed E-state index contributed by atoms with van der Waals surface area (Å²) in [6, 6.07) is 0. The van der Waals surface area contributed by atoms with Crippen molar-refractivity contribution in [3.63, 3.8) is 0 Å². The minimum Gasteiger partial charge on any atom is -0.142 e. The van der Waals surface area contributed by atoms with Crippen LogP contribution in [0.25, 0.3) is 0 Å². The quantitative estimate of drug-likeness (QED) is 0.290. The smallest absolute Gasteiger partial charge is 0.142 e. The first kappa shape index (κ1) is 9.03.